The van der Waals surface area contributed by atoms with Crippen LogP contribution < -0.4 is 14.8 Å². The Morgan fingerprint density at radius 3 is 2.84 bits per heavy atom. The van der Waals surface area contributed by atoms with E-state index in [9.17, 15) is 4.79 Å². The lowest BCUT2D eigenvalue weighted by Gasteiger charge is -2.10. The summed E-state index contributed by atoms with van der Waals surface area (Å²) in [5.41, 5.74) is 3.16. The summed E-state index contributed by atoms with van der Waals surface area (Å²) >= 11 is 0. The van der Waals surface area contributed by atoms with E-state index in [2.05, 4.69) is 15.3 Å². The Bertz CT molecular complexity index is 913. The molecule has 1 aromatic carbocycles. The highest BCUT2D eigenvalue weighted by atomic mass is 16.7. The summed E-state index contributed by atoms with van der Waals surface area (Å²) in [6, 6.07) is 12.7. The van der Waals surface area contributed by atoms with Crippen LogP contribution in [0.15, 0.2) is 61.1 Å². The number of carbonyl (C=O) groups excluding carboxylic acids is 1. The Balaban J connectivity index is 1.51. The topological polar surface area (TPSA) is 73.3 Å². The molecule has 1 N–H and O–H groups in total. The van der Waals surface area contributed by atoms with E-state index in [1.54, 1.807) is 36.8 Å². The van der Waals surface area contributed by atoms with Gasteiger partial charge in [0.25, 0.3) is 5.91 Å². The summed E-state index contributed by atoms with van der Waals surface area (Å²) in [6.45, 7) is 0.551. The second-order valence-electron chi connectivity index (χ2n) is 5.50. The highest BCUT2D eigenvalue weighted by Gasteiger charge is 2.16. The fourth-order valence-electron chi connectivity index (χ4n) is 2.66. The molecule has 6 nitrogen and oxygen atoms in total. The molecule has 0 radical (unpaired) electrons. The van der Waals surface area contributed by atoms with Gasteiger partial charge in [-0.05, 0) is 42.0 Å². The van der Waals surface area contributed by atoms with Crippen LogP contribution in [0.4, 0.5) is 0 Å². The minimum atomic E-state index is -0.181. The largest absolute Gasteiger partial charge is 0.454 e. The Hall–Kier alpha value is -3.41. The van der Waals surface area contributed by atoms with Gasteiger partial charge >= 0.3 is 0 Å². The number of amides is 1. The number of nitrogens with zero attached hydrogens (tertiary/aromatic N) is 2. The maximum absolute atomic E-state index is 12.4. The summed E-state index contributed by atoms with van der Waals surface area (Å²) in [4.78, 5) is 21.0. The highest BCUT2D eigenvalue weighted by molar-refractivity contribution is 5.95. The fourth-order valence-corrected chi connectivity index (χ4v) is 2.66. The number of benzene rings is 1. The number of pyridine rings is 2. The van der Waals surface area contributed by atoms with Gasteiger partial charge in [-0.2, -0.15) is 0 Å². The number of carbonyl (C=O) groups is 1. The molecule has 0 unspecified atom stereocenters. The number of hydrogen-bond donors (Lipinski definition) is 1. The molecule has 1 amide bonds. The Morgan fingerprint density at radius 1 is 1.08 bits per heavy atom. The van der Waals surface area contributed by atoms with Crippen LogP contribution in [0.25, 0.3) is 11.3 Å². The van der Waals surface area contributed by atoms with Crippen molar-refractivity contribution in [2.45, 2.75) is 6.54 Å². The first-order chi connectivity index (χ1) is 12.3. The molecule has 0 saturated heterocycles. The summed E-state index contributed by atoms with van der Waals surface area (Å²) in [6.07, 6.45) is 5.20. The van der Waals surface area contributed by atoms with Crippen molar-refractivity contribution in [1.29, 1.82) is 0 Å². The molecule has 0 fully saturated rings. The average Bonchev–Trinajstić information content (AvgIpc) is 3.15. The van der Waals surface area contributed by atoms with Crippen molar-refractivity contribution in [2.75, 3.05) is 6.79 Å². The van der Waals surface area contributed by atoms with Crippen LogP contribution in [0.1, 0.15) is 15.9 Å². The second kappa shape index (κ2) is 6.60. The van der Waals surface area contributed by atoms with Gasteiger partial charge in [0.15, 0.2) is 11.5 Å². The van der Waals surface area contributed by atoms with Gasteiger partial charge in [-0.15, -0.1) is 0 Å². The molecular weight excluding hydrogens is 318 g/mol. The number of fused-ring (bicyclic) bond motifs is 1. The van der Waals surface area contributed by atoms with E-state index >= 15 is 0 Å². The van der Waals surface area contributed by atoms with Gasteiger partial charge in [-0.3, -0.25) is 14.8 Å². The van der Waals surface area contributed by atoms with E-state index in [0.29, 0.717) is 23.6 Å². The van der Waals surface area contributed by atoms with Crippen molar-refractivity contribution >= 4 is 5.91 Å². The van der Waals surface area contributed by atoms with Crippen molar-refractivity contribution in [3.63, 3.8) is 0 Å². The van der Waals surface area contributed by atoms with Crippen molar-refractivity contribution in [2.24, 2.45) is 0 Å². The molecule has 2 aromatic heterocycles. The summed E-state index contributed by atoms with van der Waals surface area (Å²) in [7, 11) is 0. The molecule has 0 aliphatic carbocycles. The molecule has 0 atom stereocenters. The molecule has 3 aromatic rings. The molecule has 0 spiro atoms. The Kier molecular flexibility index (Phi) is 4.00. The fraction of sp³-hybridized carbons (Fsp3) is 0.105. The lowest BCUT2D eigenvalue weighted by atomic mass is 10.1. The summed E-state index contributed by atoms with van der Waals surface area (Å²) < 4.78 is 10.6. The maximum atomic E-state index is 12.4. The van der Waals surface area contributed by atoms with Crippen LogP contribution in [0, 0.1) is 0 Å². The zero-order valence-corrected chi connectivity index (χ0v) is 13.3. The van der Waals surface area contributed by atoms with Crippen molar-refractivity contribution in [1.82, 2.24) is 15.3 Å². The summed E-state index contributed by atoms with van der Waals surface area (Å²) in [5.74, 6) is 1.06. The van der Waals surface area contributed by atoms with Crippen molar-refractivity contribution in [3.8, 4) is 22.8 Å². The minimum Gasteiger partial charge on any atom is -0.454 e. The lowest BCUT2D eigenvalue weighted by Crippen LogP contribution is -2.23. The summed E-state index contributed by atoms with van der Waals surface area (Å²) in [5, 5.41) is 2.92. The zero-order chi connectivity index (χ0) is 17.1. The SMILES string of the molecule is O=C(NCc1cccnc1-c1cccnc1)c1ccc2c(c1)OCO2. The molecule has 0 saturated carbocycles. The third-order valence-corrected chi connectivity index (χ3v) is 3.90. The van der Waals surface area contributed by atoms with Gasteiger partial charge in [-0.1, -0.05) is 6.07 Å². The minimum absolute atomic E-state index is 0.181. The lowest BCUT2D eigenvalue weighted by molar-refractivity contribution is 0.0950. The van der Waals surface area contributed by atoms with Gasteiger partial charge in [0.1, 0.15) is 0 Å². The van der Waals surface area contributed by atoms with E-state index in [1.165, 1.54) is 0 Å². The van der Waals surface area contributed by atoms with E-state index in [1.807, 2.05) is 24.3 Å². The van der Waals surface area contributed by atoms with E-state index in [-0.39, 0.29) is 12.7 Å². The molecule has 25 heavy (non-hydrogen) atoms. The number of aromatic nitrogens is 2. The third kappa shape index (κ3) is 3.14. The normalized spacial score (nSPS) is 12.0. The number of hydrogen-bond acceptors (Lipinski definition) is 5. The number of nitrogens with one attached hydrogen (secondary N) is 1. The zero-order valence-electron chi connectivity index (χ0n) is 13.3. The van der Waals surface area contributed by atoms with E-state index < -0.39 is 0 Å². The Morgan fingerprint density at radius 2 is 1.96 bits per heavy atom. The quantitative estimate of drug-likeness (QED) is 0.795. The van der Waals surface area contributed by atoms with Gasteiger partial charge in [0.2, 0.25) is 6.79 Å². The van der Waals surface area contributed by atoms with Crippen LogP contribution in [0.2, 0.25) is 0 Å². The van der Waals surface area contributed by atoms with Gasteiger partial charge in [-0.25, -0.2) is 0 Å². The third-order valence-electron chi connectivity index (χ3n) is 3.90. The highest BCUT2D eigenvalue weighted by Crippen LogP contribution is 2.32. The first-order valence-corrected chi connectivity index (χ1v) is 7.83. The van der Waals surface area contributed by atoms with Crippen LogP contribution >= 0.6 is 0 Å². The smallest absolute Gasteiger partial charge is 0.251 e. The van der Waals surface area contributed by atoms with Crippen LogP contribution in [0.3, 0.4) is 0 Å². The predicted molar refractivity (Wildman–Crippen MR) is 91.2 cm³/mol. The van der Waals surface area contributed by atoms with Gasteiger partial charge in [0.05, 0.1) is 5.69 Å². The van der Waals surface area contributed by atoms with Crippen molar-refractivity contribution in [3.05, 3.63) is 72.2 Å². The molecule has 0 bridgehead atoms. The average molecular weight is 333 g/mol. The second-order valence-corrected chi connectivity index (χ2v) is 5.50. The Labute approximate surface area is 144 Å². The molecule has 4 rings (SSSR count). The number of rotatable bonds is 4. The van der Waals surface area contributed by atoms with Crippen LogP contribution in [0.5, 0.6) is 11.5 Å². The molecule has 1 aliphatic heterocycles. The first-order valence-electron chi connectivity index (χ1n) is 7.83. The molecular formula is C19H15N3O3. The molecule has 124 valence electrons. The molecule has 6 heteroatoms. The number of ether oxygens (including phenoxy) is 2. The molecule has 1 aliphatic rings. The van der Waals surface area contributed by atoms with E-state index in [4.69, 9.17) is 9.47 Å². The monoisotopic (exact) mass is 333 g/mol. The predicted octanol–water partition coefficient (Wildman–Crippen LogP) is 2.80. The van der Waals surface area contributed by atoms with Crippen LogP contribution in [-0.4, -0.2) is 22.7 Å². The van der Waals surface area contributed by atoms with E-state index in [0.717, 1.165) is 16.8 Å². The van der Waals surface area contributed by atoms with Crippen molar-refractivity contribution < 1.29 is 14.3 Å². The first kappa shape index (κ1) is 15.1. The standard InChI is InChI=1S/C19H15N3O3/c23-19(13-5-6-16-17(9-13)25-12-24-16)22-11-15-4-2-8-21-18(15)14-3-1-7-20-10-14/h1-10H,11-12H2,(H,22,23). The van der Waals surface area contributed by atoms with Gasteiger partial charge < -0.3 is 14.8 Å². The maximum Gasteiger partial charge on any atom is 0.251 e. The van der Waals surface area contributed by atoms with Gasteiger partial charge in [0, 0.05) is 36.3 Å². The molecule has 3 heterocycles. The van der Waals surface area contributed by atoms with Crippen LogP contribution in [-0.2, 0) is 6.54 Å².